The summed E-state index contributed by atoms with van der Waals surface area (Å²) < 4.78 is 1.14. The van der Waals surface area contributed by atoms with Crippen LogP contribution in [0.1, 0.15) is 15.4 Å². The summed E-state index contributed by atoms with van der Waals surface area (Å²) in [6.45, 7) is 0. The van der Waals surface area contributed by atoms with Gasteiger partial charge in [0.1, 0.15) is 5.01 Å². The Morgan fingerprint density at radius 2 is 2.07 bits per heavy atom. The van der Waals surface area contributed by atoms with Crippen molar-refractivity contribution in [2.45, 2.75) is 6.42 Å². The molecule has 0 aliphatic rings. The van der Waals surface area contributed by atoms with Crippen LogP contribution in [0.15, 0.2) is 35.8 Å². The number of halogens is 1. The predicted molar refractivity (Wildman–Crippen MR) is 69.3 cm³/mol. The van der Waals surface area contributed by atoms with E-state index in [9.17, 15) is 4.79 Å². The quantitative estimate of drug-likeness (QED) is 0.640. The molecular formula is C11H8INOS. The van der Waals surface area contributed by atoms with Crippen molar-refractivity contribution in [3.8, 4) is 0 Å². The highest BCUT2D eigenvalue weighted by Gasteiger charge is 2.07. The molecule has 0 aliphatic carbocycles. The number of benzene rings is 1. The van der Waals surface area contributed by atoms with Crippen molar-refractivity contribution in [1.29, 1.82) is 0 Å². The zero-order valence-electron chi connectivity index (χ0n) is 7.81. The lowest BCUT2D eigenvalue weighted by molar-refractivity contribution is 0.0993. The summed E-state index contributed by atoms with van der Waals surface area (Å²) in [7, 11) is 0. The van der Waals surface area contributed by atoms with Gasteiger partial charge in [-0.25, -0.2) is 4.98 Å². The maximum atomic E-state index is 11.8. The van der Waals surface area contributed by atoms with Crippen molar-refractivity contribution >= 4 is 39.7 Å². The molecule has 2 aromatic rings. The summed E-state index contributed by atoms with van der Waals surface area (Å²) in [6, 6.07) is 7.60. The first kappa shape index (κ1) is 10.8. The van der Waals surface area contributed by atoms with Crippen LogP contribution < -0.4 is 0 Å². The Hall–Kier alpha value is -0.750. The van der Waals surface area contributed by atoms with E-state index in [4.69, 9.17) is 0 Å². The highest BCUT2D eigenvalue weighted by Crippen LogP contribution is 2.11. The van der Waals surface area contributed by atoms with Crippen LogP contribution in [0, 0.1) is 3.57 Å². The minimum absolute atomic E-state index is 0.126. The van der Waals surface area contributed by atoms with Gasteiger partial charge in [-0.1, -0.05) is 12.1 Å². The molecule has 0 N–H and O–H groups in total. The van der Waals surface area contributed by atoms with E-state index in [1.54, 1.807) is 6.20 Å². The van der Waals surface area contributed by atoms with Crippen LogP contribution in [0.5, 0.6) is 0 Å². The fourth-order valence-corrected chi connectivity index (χ4v) is 2.19. The number of Topliss-reactive ketones (excluding diaryl/α,β-unsaturated/α-hetero) is 1. The van der Waals surface area contributed by atoms with Crippen LogP contribution in [-0.4, -0.2) is 10.8 Å². The minimum Gasteiger partial charge on any atom is -0.294 e. The number of nitrogens with zero attached hydrogens (tertiary/aromatic N) is 1. The molecule has 0 fully saturated rings. The number of aromatic nitrogens is 1. The molecule has 15 heavy (non-hydrogen) atoms. The molecule has 2 rings (SSSR count). The number of hydrogen-bond acceptors (Lipinski definition) is 3. The second-order valence-electron chi connectivity index (χ2n) is 3.03. The van der Waals surface area contributed by atoms with Crippen LogP contribution in [0.3, 0.4) is 0 Å². The normalized spacial score (nSPS) is 10.2. The largest absolute Gasteiger partial charge is 0.294 e. The highest BCUT2D eigenvalue weighted by molar-refractivity contribution is 14.1. The maximum absolute atomic E-state index is 11.8. The van der Waals surface area contributed by atoms with Gasteiger partial charge in [0, 0.05) is 20.7 Å². The van der Waals surface area contributed by atoms with Crippen molar-refractivity contribution < 1.29 is 4.79 Å². The molecule has 1 heterocycles. The molecule has 4 heteroatoms. The number of rotatable bonds is 3. The lowest BCUT2D eigenvalue weighted by atomic mass is 10.1. The number of ketones is 1. The van der Waals surface area contributed by atoms with E-state index in [1.807, 2.05) is 29.6 Å². The molecule has 0 saturated carbocycles. The number of carbonyl (C=O) groups excluding carboxylic acids is 1. The third-order valence-electron chi connectivity index (χ3n) is 1.96. The molecule has 0 saturated heterocycles. The first-order chi connectivity index (χ1) is 7.25. The Balaban J connectivity index is 2.11. The molecule has 0 spiro atoms. The molecule has 0 atom stereocenters. The highest BCUT2D eigenvalue weighted by atomic mass is 127. The average molecular weight is 329 g/mol. The van der Waals surface area contributed by atoms with Gasteiger partial charge in [-0.2, -0.15) is 0 Å². The van der Waals surface area contributed by atoms with Crippen molar-refractivity contribution in [2.75, 3.05) is 0 Å². The Morgan fingerprint density at radius 1 is 1.33 bits per heavy atom. The van der Waals surface area contributed by atoms with Gasteiger partial charge in [0.15, 0.2) is 5.78 Å². The molecule has 2 nitrogen and oxygen atoms in total. The van der Waals surface area contributed by atoms with Gasteiger partial charge in [-0.3, -0.25) is 4.79 Å². The fraction of sp³-hybridized carbons (Fsp3) is 0.0909. The number of hydrogen-bond donors (Lipinski definition) is 0. The van der Waals surface area contributed by atoms with Crippen molar-refractivity contribution in [2.24, 2.45) is 0 Å². The molecule has 1 aromatic carbocycles. The summed E-state index contributed by atoms with van der Waals surface area (Å²) in [5.41, 5.74) is 0.755. The van der Waals surface area contributed by atoms with Crippen molar-refractivity contribution in [3.63, 3.8) is 0 Å². The summed E-state index contributed by atoms with van der Waals surface area (Å²) >= 11 is 3.74. The monoisotopic (exact) mass is 329 g/mol. The Bertz CT molecular complexity index is 450. The number of carbonyl (C=O) groups is 1. The van der Waals surface area contributed by atoms with E-state index in [-0.39, 0.29) is 5.78 Å². The standard InChI is InChI=1S/C11H8INOS/c12-9-3-1-8(2-4-9)10(14)7-11-13-5-6-15-11/h1-6H,7H2. The van der Waals surface area contributed by atoms with E-state index in [0.717, 1.165) is 14.1 Å². The van der Waals surface area contributed by atoms with Gasteiger partial charge in [0.2, 0.25) is 0 Å². The second-order valence-corrected chi connectivity index (χ2v) is 5.26. The maximum Gasteiger partial charge on any atom is 0.169 e. The topological polar surface area (TPSA) is 30.0 Å². The summed E-state index contributed by atoms with van der Waals surface area (Å²) in [5.74, 6) is 0.126. The first-order valence-corrected chi connectivity index (χ1v) is 6.38. The fourth-order valence-electron chi connectivity index (χ4n) is 1.22. The van der Waals surface area contributed by atoms with Gasteiger partial charge >= 0.3 is 0 Å². The lowest BCUT2D eigenvalue weighted by Gasteiger charge is -1.98. The van der Waals surface area contributed by atoms with E-state index in [2.05, 4.69) is 27.6 Å². The zero-order chi connectivity index (χ0) is 10.7. The van der Waals surface area contributed by atoms with E-state index in [0.29, 0.717) is 6.42 Å². The molecule has 0 amide bonds. The Morgan fingerprint density at radius 3 is 2.67 bits per heavy atom. The lowest BCUT2D eigenvalue weighted by Crippen LogP contribution is -2.02. The molecule has 0 bridgehead atoms. The third kappa shape index (κ3) is 2.85. The average Bonchev–Trinajstić information content (AvgIpc) is 2.71. The van der Waals surface area contributed by atoms with Gasteiger partial charge in [-0.05, 0) is 34.7 Å². The molecule has 0 aliphatic heterocycles. The number of thiazole rings is 1. The van der Waals surface area contributed by atoms with Crippen LogP contribution >= 0.6 is 33.9 Å². The van der Waals surface area contributed by atoms with E-state index >= 15 is 0 Å². The SMILES string of the molecule is O=C(Cc1nccs1)c1ccc(I)cc1. The summed E-state index contributed by atoms with van der Waals surface area (Å²) in [4.78, 5) is 15.9. The molecule has 0 unspecified atom stereocenters. The molecule has 0 radical (unpaired) electrons. The van der Waals surface area contributed by atoms with Crippen LogP contribution in [0.4, 0.5) is 0 Å². The van der Waals surface area contributed by atoms with Crippen LogP contribution in [-0.2, 0) is 6.42 Å². The molecule has 76 valence electrons. The Labute approximate surface area is 106 Å². The minimum atomic E-state index is 0.126. The second kappa shape index (κ2) is 4.85. The van der Waals surface area contributed by atoms with Crippen molar-refractivity contribution in [1.82, 2.24) is 4.98 Å². The van der Waals surface area contributed by atoms with Crippen LogP contribution in [0.25, 0.3) is 0 Å². The smallest absolute Gasteiger partial charge is 0.169 e. The molecular weight excluding hydrogens is 321 g/mol. The van der Waals surface area contributed by atoms with Crippen LogP contribution in [0.2, 0.25) is 0 Å². The molecule has 1 aromatic heterocycles. The summed E-state index contributed by atoms with van der Waals surface area (Å²) in [5, 5.41) is 2.76. The first-order valence-electron chi connectivity index (χ1n) is 4.43. The predicted octanol–water partition coefficient (Wildman–Crippen LogP) is 3.17. The van der Waals surface area contributed by atoms with Crippen molar-refractivity contribution in [3.05, 3.63) is 50.0 Å². The zero-order valence-corrected chi connectivity index (χ0v) is 10.8. The summed E-state index contributed by atoms with van der Waals surface area (Å²) in [6.07, 6.45) is 2.12. The van der Waals surface area contributed by atoms with Gasteiger partial charge in [0.25, 0.3) is 0 Å². The van der Waals surface area contributed by atoms with Gasteiger partial charge in [-0.15, -0.1) is 11.3 Å². The third-order valence-corrected chi connectivity index (χ3v) is 3.46. The Kier molecular flexibility index (Phi) is 3.48. The van der Waals surface area contributed by atoms with E-state index < -0.39 is 0 Å². The van der Waals surface area contributed by atoms with Gasteiger partial charge in [0.05, 0.1) is 6.42 Å². The van der Waals surface area contributed by atoms with Gasteiger partial charge < -0.3 is 0 Å². The van der Waals surface area contributed by atoms with E-state index in [1.165, 1.54) is 11.3 Å².